The molecule has 27 heavy (non-hydrogen) atoms. The van der Waals surface area contributed by atoms with Gasteiger partial charge in [-0.05, 0) is 71.8 Å². The molecule has 0 amide bonds. The average Bonchev–Trinajstić information content (AvgIpc) is 3.02. The van der Waals surface area contributed by atoms with Crippen molar-refractivity contribution < 1.29 is 9.84 Å². The predicted octanol–water partition coefficient (Wildman–Crippen LogP) is 4.00. The quantitative estimate of drug-likeness (QED) is 0.615. The lowest BCUT2D eigenvalue weighted by Crippen LogP contribution is -2.21. The molecule has 0 saturated carbocycles. The van der Waals surface area contributed by atoms with Gasteiger partial charge >= 0.3 is 0 Å². The van der Waals surface area contributed by atoms with Crippen LogP contribution in [0.15, 0.2) is 26.5 Å². The van der Waals surface area contributed by atoms with E-state index >= 15 is 0 Å². The van der Waals surface area contributed by atoms with Gasteiger partial charge in [-0.3, -0.25) is 4.79 Å². The van der Waals surface area contributed by atoms with Gasteiger partial charge in [-0.25, -0.2) is 4.98 Å². The van der Waals surface area contributed by atoms with E-state index in [1.165, 1.54) is 23.1 Å². The molecular formula is C19H18BrN3O3S. The molecule has 2 heterocycles. The number of methoxy groups -OCH3 is 1. The number of hydrogen-bond donors (Lipinski definition) is 1. The lowest BCUT2D eigenvalue weighted by molar-refractivity contribution is 0.372. The first-order valence-electron chi connectivity index (χ1n) is 8.64. The van der Waals surface area contributed by atoms with Crippen LogP contribution in [0, 0.1) is 6.92 Å². The second-order valence-electron chi connectivity index (χ2n) is 6.47. The van der Waals surface area contributed by atoms with Crippen LogP contribution in [0.2, 0.25) is 0 Å². The van der Waals surface area contributed by atoms with Crippen molar-refractivity contribution in [3.05, 3.63) is 48.8 Å². The van der Waals surface area contributed by atoms with Crippen molar-refractivity contribution >= 4 is 43.7 Å². The number of aromatic nitrogens is 2. The van der Waals surface area contributed by atoms with Crippen molar-refractivity contribution in [1.82, 2.24) is 9.66 Å². The van der Waals surface area contributed by atoms with Crippen LogP contribution in [0.25, 0.3) is 10.2 Å². The van der Waals surface area contributed by atoms with E-state index in [9.17, 15) is 9.90 Å². The summed E-state index contributed by atoms with van der Waals surface area (Å²) in [5, 5.41) is 15.0. The number of nitrogens with zero attached hydrogens (tertiary/aromatic N) is 3. The van der Waals surface area contributed by atoms with E-state index in [4.69, 9.17) is 4.74 Å². The summed E-state index contributed by atoms with van der Waals surface area (Å²) >= 11 is 4.92. The minimum atomic E-state index is -0.127. The smallest absolute Gasteiger partial charge is 0.283 e. The van der Waals surface area contributed by atoms with Gasteiger partial charge in [-0.2, -0.15) is 9.78 Å². The number of fused-ring (bicyclic) bond motifs is 3. The zero-order chi connectivity index (χ0) is 19.1. The topological polar surface area (TPSA) is 76.7 Å². The Balaban J connectivity index is 1.81. The Morgan fingerprint density at radius 3 is 2.93 bits per heavy atom. The highest BCUT2D eigenvalue weighted by atomic mass is 79.9. The molecule has 4 rings (SSSR count). The van der Waals surface area contributed by atoms with Gasteiger partial charge < -0.3 is 9.84 Å². The number of hydrogen-bond acceptors (Lipinski definition) is 6. The third kappa shape index (κ3) is 3.17. The van der Waals surface area contributed by atoms with Gasteiger partial charge in [-0.15, -0.1) is 11.3 Å². The Morgan fingerprint density at radius 2 is 2.15 bits per heavy atom. The Bertz CT molecular complexity index is 1130. The van der Waals surface area contributed by atoms with Crippen molar-refractivity contribution in [2.75, 3.05) is 7.11 Å². The molecule has 140 valence electrons. The molecule has 8 heteroatoms. The molecule has 1 aliphatic carbocycles. The van der Waals surface area contributed by atoms with E-state index in [2.05, 4.69) is 26.0 Å². The zero-order valence-corrected chi connectivity index (χ0v) is 17.4. The van der Waals surface area contributed by atoms with E-state index in [0.717, 1.165) is 29.7 Å². The van der Waals surface area contributed by atoms with Gasteiger partial charge in [0.1, 0.15) is 10.7 Å². The van der Waals surface area contributed by atoms with Crippen molar-refractivity contribution in [3.63, 3.8) is 0 Å². The molecule has 0 radical (unpaired) electrons. The molecule has 1 aliphatic rings. The summed E-state index contributed by atoms with van der Waals surface area (Å²) in [6, 6.07) is 3.36. The Kier molecular flexibility index (Phi) is 4.77. The number of phenolic OH excluding ortho intramolecular Hbond substituents is 1. The highest BCUT2D eigenvalue weighted by Crippen LogP contribution is 2.35. The second kappa shape index (κ2) is 7.09. The highest BCUT2D eigenvalue weighted by molar-refractivity contribution is 9.10. The van der Waals surface area contributed by atoms with Crippen molar-refractivity contribution in [2.24, 2.45) is 5.10 Å². The normalized spacial score (nSPS) is 14.0. The van der Waals surface area contributed by atoms with Gasteiger partial charge in [0.05, 0.1) is 23.2 Å². The van der Waals surface area contributed by atoms with Gasteiger partial charge in [0.15, 0.2) is 11.5 Å². The number of aromatic hydroxyl groups is 1. The number of aryl methyl sites for hydroxylation is 3. The maximum atomic E-state index is 13.1. The lowest BCUT2D eigenvalue weighted by atomic mass is 9.97. The zero-order valence-electron chi connectivity index (χ0n) is 15.0. The molecule has 0 spiro atoms. The fourth-order valence-corrected chi connectivity index (χ4v) is 5.14. The molecule has 1 aromatic carbocycles. The summed E-state index contributed by atoms with van der Waals surface area (Å²) in [7, 11) is 1.48. The molecule has 6 nitrogen and oxygen atoms in total. The number of rotatable bonds is 3. The number of benzene rings is 1. The van der Waals surface area contributed by atoms with Gasteiger partial charge in [0.2, 0.25) is 0 Å². The Labute approximate surface area is 168 Å². The van der Waals surface area contributed by atoms with Crippen LogP contribution in [0.3, 0.4) is 0 Å². The number of thiophene rings is 1. The van der Waals surface area contributed by atoms with Crippen LogP contribution in [0.1, 0.15) is 34.7 Å². The molecule has 0 fully saturated rings. The molecule has 0 unspecified atom stereocenters. The van der Waals surface area contributed by atoms with Crippen LogP contribution in [-0.4, -0.2) is 28.1 Å². The van der Waals surface area contributed by atoms with E-state index in [1.807, 2.05) is 0 Å². The SMILES string of the molecule is COc1cc(/C=N\n2c(C)nc3sc4c(c3c2=O)CCCC4)cc(Br)c1O. The molecule has 1 N–H and O–H groups in total. The van der Waals surface area contributed by atoms with Crippen molar-refractivity contribution in [3.8, 4) is 11.5 Å². The summed E-state index contributed by atoms with van der Waals surface area (Å²) in [5.41, 5.74) is 1.71. The summed E-state index contributed by atoms with van der Waals surface area (Å²) in [4.78, 5) is 19.8. The van der Waals surface area contributed by atoms with E-state index in [-0.39, 0.29) is 11.3 Å². The third-order valence-electron chi connectivity index (χ3n) is 4.72. The fraction of sp³-hybridized carbons (Fsp3) is 0.316. The highest BCUT2D eigenvalue weighted by Gasteiger charge is 2.21. The van der Waals surface area contributed by atoms with Gasteiger partial charge in [0, 0.05) is 4.88 Å². The monoisotopic (exact) mass is 447 g/mol. The van der Waals surface area contributed by atoms with Crippen LogP contribution >= 0.6 is 27.3 Å². The molecule has 3 aromatic rings. The fourth-order valence-electron chi connectivity index (χ4n) is 3.38. The maximum absolute atomic E-state index is 13.1. The largest absolute Gasteiger partial charge is 0.503 e. The third-order valence-corrected chi connectivity index (χ3v) is 6.51. The van der Waals surface area contributed by atoms with Gasteiger partial charge in [0.25, 0.3) is 5.56 Å². The standard InChI is InChI=1S/C19H18BrN3O3S/c1-10-22-18-16(12-5-3-4-6-15(12)27-18)19(25)23(10)21-9-11-7-13(20)17(24)14(8-11)26-2/h7-9,24H,3-6H2,1-2H3/b21-9-. The summed E-state index contributed by atoms with van der Waals surface area (Å²) in [5.74, 6) is 0.901. The van der Waals surface area contributed by atoms with Crippen LogP contribution in [-0.2, 0) is 12.8 Å². The maximum Gasteiger partial charge on any atom is 0.283 e. The molecule has 0 aliphatic heterocycles. The summed E-state index contributed by atoms with van der Waals surface area (Å²) in [6.07, 6.45) is 5.80. The van der Waals surface area contributed by atoms with Crippen LogP contribution < -0.4 is 10.3 Å². The van der Waals surface area contributed by atoms with Crippen molar-refractivity contribution in [1.29, 1.82) is 0 Å². The van der Waals surface area contributed by atoms with Crippen LogP contribution in [0.4, 0.5) is 0 Å². The lowest BCUT2D eigenvalue weighted by Gasteiger charge is -2.10. The second-order valence-corrected chi connectivity index (χ2v) is 8.40. The first-order valence-corrected chi connectivity index (χ1v) is 10.2. The summed E-state index contributed by atoms with van der Waals surface area (Å²) in [6.45, 7) is 1.78. The van der Waals surface area contributed by atoms with E-state index < -0.39 is 0 Å². The average molecular weight is 448 g/mol. The predicted molar refractivity (Wildman–Crippen MR) is 111 cm³/mol. The minimum absolute atomic E-state index is 0.0241. The molecular weight excluding hydrogens is 430 g/mol. The van der Waals surface area contributed by atoms with E-state index in [1.54, 1.807) is 36.6 Å². The molecule has 0 bridgehead atoms. The number of phenols is 1. The Hall–Kier alpha value is -2.19. The molecule has 0 saturated heterocycles. The molecule has 2 aromatic heterocycles. The van der Waals surface area contributed by atoms with E-state index in [0.29, 0.717) is 27.0 Å². The van der Waals surface area contributed by atoms with Crippen molar-refractivity contribution in [2.45, 2.75) is 32.6 Å². The number of ether oxygens (including phenoxy) is 1. The Morgan fingerprint density at radius 1 is 1.37 bits per heavy atom. The first kappa shape index (κ1) is 18.2. The van der Waals surface area contributed by atoms with Crippen LogP contribution in [0.5, 0.6) is 11.5 Å². The summed E-state index contributed by atoms with van der Waals surface area (Å²) < 4.78 is 6.99. The first-order chi connectivity index (χ1) is 13.0. The minimum Gasteiger partial charge on any atom is -0.503 e. The van der Waals surface area contributed by atoms with Gasteiger partial charge in [-0.1, -0.05) is 0 Å². The molecule has 0 atom stereocenters. The number of halogens is 1.